The zero-order valence-electron chi connectivity index (χ0n) is 3.19. The number of rotatable bonds is 0. The van der Waals surface area contributed by atoms with Gasteiger partial charge in [-0.25, -0.2) is 0 Å². The van der Waals surface area contributed by atoms with Gasteiger partial charge in [-0.3, -0.25) is 0 Å². The smallest absolute Gasteiger partial charge is 2.00 e. The number of hydrogen-bond donors (Lipinski definition) is 0. The molecule has 0 spiro atoms. The van der Waals surface area contributed by atoms with Gasteiger partial charge in [0, 0.05) is 0 Å². The fraction of sp³-hybridized carbons (Fsp3) is 0. The summed E-state index contributed by atoms with van der Waals surface area (Å²) in [6.07, 6.45) is -2.33. The first-order valence-corrected chi connectivity index (χ1v) is 0.612. The quantitative estimate of drug-likeness (QED) is 0.408. The van der Waals surface area contributed by atoms with Crippen LogP contribution in [0.5, 0.6) is 0 Å². The minimum absolute atomic E-state index is 0. The van der Waals surface area contributed by atoms with E-state index in [0.717, 1.165) is 0 Å². The maximum atomic E-state index is 8.33. The molecule has 0 aliphatic carbocycles. The Kier molecular flexibility index (Phi) is 53.9. The summed E-state index contributed by atoms with van der Waals surface area (Å²) >= 11 is 0. The average molecular weight is 219 g/mol. The largest absolute Gasteiger partial charge is 3.00 e. The molecule has 0 unspecified atom stereocenters. The van der Waals surface area contributed by atoms with Gasteiger partial charge in [0.25, 0.3) is 0 Å². The zero-order valence-corrected chi connectivity index (χ0v) is 7.77. The number of hydrogen-bond acceptors (Lipinski definition) is 3. The Morgan fingerprint density at radius 2 is 1.29 bits per heavy atom. The van der Waals surface area contributed by atoms with Gasteiger partial charge in [-0.15, -0.1) is 0 Å². The number of carbonyl (C=O) groups excluding carboxylic acids is 1. The minimum atomic E-state index is -2.33. The van der Waals surface area contributed by atoms with Crippen molar-refractivity contribution in [2.75, 3.05) is 0 Å². The van der Waals surface area contributed by atoms with E-state index < -0.39 is 6.16 Å². The Bertz CT molecular complexity index is 34.7. The topological polar surface area (TPSA) is 91.7 Å². The molecule has 0 aliphatic rings. The van der Waals surface area contributed by atoms with E-state index in [4.69, 9.17) is 15.0 Å². The van der Waals surface area contributed by atoms with Gasteiger partial charge in [0.05, 0.1) is 0 Å². The number of carboxylic acid groups (broad SMARTS) is 2. The van der Waals surface area contributed by atoms with E-state index in [-0.39, 0.29) is 68.0 Å². The predicted molar refractivity (Wildman–Crippen MR) is 11.8 cm³/mol. The molecule has 2 radical (unpaired) electrons. The maximum Gasteiger partial charge on any atom is 3.00 e. The molecule has 6 heteroatoms. The Hall–Kier alpha value is 1.23. The van der Waals surface area contributed by atoms with Gasteiger partial charge in [0.15, 0.2) is 0 Å². The summed E-state index contributed by atoms with van der Waals surface area (Å²) in [4.78, 5) is 8.33. The normalized spacial score (nSPS) is 3.43. The maximum absolute atomic E-state index is 8.33. The van der Waals surface area contributed by atoms with E-state index in [1.165, 1.54) is 0 Å². The summed E-state index contributed by atoms with van der Waals surface area (Å²) in [7, 11) is 0. The molecule has 38 valence electrons. The molecule has 0 saturated heterocycles. The van der Waals surface area contributed by atoms with Crippen molar-refractivity contribution in [3.63, 3.8) is 0 Å². The molecule has 0 bridgehead atoms. The van der Waals surface area contributed by atoms with Gasteiger partial charge in [0.1, 0.15) is 0 Å². The molecule has 4 nitrogen and oxygen atoms in total. The van der Waals surface area contributed by atoms with Gasteiger partial charge in [0.2, 0.25) is 0 Å². The van der Waals surface area contributed by atoms with E-state index >= 15 is 0 Å². The van der Waals surface area contributed by atoms with Crippen LogP contribution in [0.2, 0.25) is 0 Å². The molecule has 0 amide bonds. The van der Waals surface area contributed by atoms with Crippen molar-refractivity contribution >= 4 is 51.6 Å². The number of carbonyl (C=O) groups is 1. The van der Waals surface area contributed by atoms with Gasteiger partial charge in [-0.1, -0.05) is 0 Å². The van der Waals surface area contributed by atoms with Gasteiger partial charge >= 0.3 is 62.6 Å². The molecule has 0 fully saturated rings. The van der Waals surface area contributed by atoms with Gasteiger partial charge < -0.3 is 20.5 Å². The molecule has 7 heavy (non-hydrogen) atoms. The molecular formula is CFeO4Sr. The summed E-state index contributed by atoms with van der Waals surface area (Å²) < 4.78 is 0. The Labute approximate surface area is 88.0 Å². The molecule has 0 aromatic heterocycles. The SMILES string of the molecule is O=C([O-])[O-].[Fe+3].[O-2].[Sr+]. The fourth-order valence-corrected chi connectivity index (χ4v) is 0. The Morgan fingerprint density at radius 3 is 1.29 bits per heavy atom. The van der Waals surface area contributed by atoms with Crippen molar-refractivity contribution in [3.8, 4) is 0 Å². The second kappa shape index (κ2) is 15.7. The third-order valence-electron chi connectivity index (χ3n) is 0. The van der Waals surface area contributed by atoms with Crippen LogP contribution in [0.3, 0.4) is 0 Å². The Balaban J connectivity index is -0.0000000150. The second-order valence-electron chi connectivity index (χ2n) is 0.250. The van der Waals surface area contributed by atoms with Crippen LogP contribution < -0.4 is 10.2 Å². The van der Waals surface area contributed by atoms with Crippen LogP contribution >= 0.6 is 0 Å². The summed E-state index contributed by atoms with van der Waals surface area (Å²) in [5.41, 5.74) is 0. The summed E-state index contributed by atoms with van der Waals surface area (Å²) in [5.74, 6) is 0. The van der Waals surface area contributed by atoms with Crippen LogP contribution in [-0.2, 0) is 22.5 Å². The van der Waals surface area contributed by atoms with Crippen molar-refractivity contribution in [2.45, 2.75) is 0 Å². The summed E-state index contributed by atoms with van der Waals surface area (Å²) in [6, 6.07) is 0. The third-order valence-corrected chi connectivity index (χ3v) is 0. The van der Waals surface area contributed by atoms with Crippen LogP contribution in [0.25, 0.3) is 0 Å². The van der Waals surface area contributed by atoms with Crippen molar-refractivity contribution in [3.05, 3.63) is 0 Å². The first-order chi connectivity index (χ1) is 1.73. The van der Waals surface area contributed by atoms with Crippen LogP contribution in [0.1, 0.15) is 0 Å². The minimum Gasteiger partial charge on any atom is -2.00 e. The van der Waals surface area contributed by atoms with Crippen molar-refractivity contribution in [1.82, 2.24) is 0 Å². The standard InChI is InChI=1S/CH2O3.Fe.O.Sr/c2-1(3)4;;;/h(H2,2,3,4);;;/q;+3;-2;+1/p-2. The van der Waals surface area contributed by atoms with E-state index in [9.17, 15) is 0 Å². The van der Waals surface area contributed by atoms with Crippen molar-refractivity contribution < 1.29 is 37.6 Å². The van der Waals surface area contributed by atoms with Gasteiger partial charge in [-0.2, -0.15) is 0 Å². The van der Waals surface area contributed by atoms with E-state index in [1.54, 1.807) is 0 Å². The molecule has 0 rings (SSSR count). The molecule has 0 atom stereocenters. The van der Waals surface area contributed by atoms with Crippen LogP contribution in [0.15, 0.2) is 0 Å². The molecule has 0 aliphatic heterocycles. The van der Waals surface area contributed by atoms with E-state index in [2.05, 4.69) is 0 Å². The molecule has 0 aromatic carbocycles. The Morgan fingerprint density at radius 1 is 1.29 bits per heavy atom. The van der Waals surface area contributed by atoms with Crippen molar-refractivity contribution in [2.24, 2.45) is 0 Å². The monoisotopic (exact) mass is 220 g/mol. The van der Waals surface area contributed by atoms with E-state index in [1.807, 2.05) is 0 Å². The predicted octanol–water partition coefficient (Wildman–Crippen LogP) is -2.95. The zero-order chi connectivity index (χ0) is 3.58. The van der Waals surface area contributed by atoms with E-state index in [0.29, 0.717) is 0 Å². The molecular weight excluding hydrogens is 219 g/mol. The molecule has 0 aromatic rings. The third kappa shape index (κ3) is 131. The summed E-state index contributed by atoms with van der Waals surface area (Å²) in [5, 5.41) is 16.7. The average Bonchev–Trinajstić information content (AvgIpc) is 0.811. The van der Waals surface area contributed by atoms with Crippen LogP contribution in [-0.4, -0.2) is 51.6 Å². The van der Waals surface area contributed by atoms with Crippen molar-refractivity contribution in [1.29, 1.82) is 0 Å². The van der Waals surface area contributed by atoms with Crippen LogP contribution in [0.4, 0.5) is 4.79 Å². The van der Waals surface area contributed by atoms with Gasteiger partial charge in [-0.05, 0) is 6.16 Å². The molecule has 0 heterocycles. The molecule has 0 saturated carbocycles. The first-order valence-electron chi connectivity index (χ1n) is 0.612. The fourth-order valence-electron chi connectivity index (χ4n) is 0. The second-order valence-corrected chi connectivity index (χ2v) is 0.250. The molecule has 0 N–H and O–H groups in total. The van der Waals surface area contributed by atoms with Crippen LogP contribution in [0, 0.1) is 0 Å². The first kappa shape index (κ1) is 24.0. The summed E-state index contributed by atoms with van der Waals surface area (Å²) in [6.45, 7) is 0.